The van der Waals surface area contributed by atoms with Crippen molar-refractivity contribution in [2.75, 3.05) is 10.2 Å². The van der Waals surface area contributed by atoms with E-state index in [0.717, 1.165) is 5.69 Å². The molecule has 3 aromatic rings. The summed E-state index contributed by atoms with van der Waals surface area (Å²) < 4.78 is 0. The van der Waals surface area contributed by atoms with Crippen LogP contribution >= 0.6 is 0 Å². The molecule has 4 rings (SSSR count). The number of nitrogens with zero attached hydrogens (tertiary/aromatic N) is 2. The van der Waals surface area contributed by atoms with Crippen LogP contribution in [0.25, 0.3) is 0 Å². The van der Waals surface area contributed by atoms with Crippen LogP contribution in [0.15, 0.2) is 72.8 Å². The van der Waals surface area contributed by atoms with Gasteiger partial charge < -0.3 is 5.32 Å². The summed E-state index contributed by atoms with van der Waals surface area (Å²) in [5, 5.41) is 14.7. The van der Waals surface area contributed by atoms with E-state index >= 15 is 0 Å². The summed E-state index contributed by atoms with van der Waals surface area (Å²) in [5.41, 5.74) is 3.27. The molecule has 1 N–H and O–H groups in total. The molecule has 0 saturated carbocycles. The van der Waals surface area contributed by atoms with Crippen molar-refractivity contribution in [3.63, 3.8) is 0 Å². The molecular formula is C21H17N3O3. The van der Waals surface area contributed by atoms with Crippen LogP contribution in [0.3, 0.4) is 0 Å². The van der Waals surface area contributed by atoms with Gasteiger partial charge >= 0.3 is 0 Å². The monoisotopic (exact) mass is 359 g/mol. The Kier molecular flexibility index (Phi) is 4.08. The quantitative estimate of drug-likeness (QED) is 0.544. The molecule has 0 aromatic heterocycles. The van der Waals surface area contributed by atoms with Gasteiger partial charge in [0.2, 0.25) is 0 Å². The van der Waals surface area contributed by atoms with Crippen LogP contribution in [0, 0.1) is 17.0 Å². The standard InChI is InChI=1S/C21H17N3O3/c1-14-11-12-15(13-19(14)24(26)27)20-22-18-10-6-5-9-17(18)21(25)23(20)16-7-3-2-4-8-16/h2-13,20,22H,1H3. The van der Waals surface area contributed by atoms with Gasteiger partial charge in [0, 0.05) is 28.6 Å². The molecule has 0 radical (unpaired) electrons. The fraction of sp³-hybridized carbons (Fsp3) is 0.0952. The molecule has 0 aliphatic carbocycles. The molecule has 1 amide bonds. The summed E-state index contributed by atoms with van der Waals surface area (Å²) in [6.07, 6.45) is -0.547. The van der Waals surface area contributed by atoms with E-state index in [1.165, 1.54) is 6.07 Å². The third-order valence-electron chi connectivity index (χ3n) is 4.71. The van der Waals surface area contributed by atoms with Gasteiger partial charge in [-0.2, -0.15) is 0 Å². The maximum absolute atomic E-state index is 13.2. The number of fused-ring (bicyclic) bond motifs is 1. The molecule has 1 aliphatic rings. The zero-order chi connectivity index (χ0) is 19.0. The highest BCUT2D eigenvalue weighted by atomic mass is 16.6. The van der Waals surface area contributed by atoms with Crippen LogP contribution in [0.1, 0.15) is 27.7 Å². The van der Waals surface area contributed by atoms with Crippen LogP contribution < -0.4 is 10.2 Å². The van der Waals surface area contributed by atoms with Gasteiger partial charge in [0.15, 0.2) is 0 Å². The van der Waals surface area contributed by atoms with Crippen LogP contribution in [0.4, 0.5) is 17.1 Å². The Bertz CT molecular complexity index is 1030. The van der Waals surface area contributed by atoms with Crippen molar-refractivity contribution in [3.05, 3.63) is 99.6 Å². The van der Waals surface area contributed by atoms with Crippen molar-refractivity contribution >= 4 is 23.0 Å². The molecule has 0 fully saturated rings. The number of nitro groups is 1. The molecule has 3 aromatic carbocycles. The summed E-state index contributed by atoms with van der Waals surface area (Å²) in [7, 11) is 0. The molecule has 1 atom stereocenters. The van der Waals surface area contributed by atoms with Gasteiger partial charge in [-0.25, -0.2) is 0 Å². The normalized spacial score (nSPS) is 15.8. The molecule has 6 heteroatoms. The third-order valence-corrected chi connectivity index (χ3v) is 4.71. The second-order valence-electron chi connectivity index (χ2n) is 6.41. The van der Waals surface area contributed by atoms with Crippen molar-refractivity contribution in [2.24, 2.45) is 0 Å². The summed E-state index contributed by atoms with van der Waals surface area (Å²) in [6.45, 7) is 1.70. The minimum Gasteiger partial charge on any atom is -0.360 e. The zero-order valence-electron chi connectivity index (χ0n) is 14.6. The minimum atomic E-state index is -0.547. The average Bonchev–Trinajstić information content (AvgIpc) is 2.69. The van der Waals surface area contributed by atoms with Gasteiger partial charge in [-0.05, 0) is 31.2 Å². The molecule has 0 saturated heterocycles. The highest BCUT2D eigenvalue weighted by Gasteiger charge is 2.34. The number of nitrogens with one attached hydrogen (secondary N) is 1. The number of carbonyl (C=O) groups excluding carboxylic acids is 1. The molecule has 1 unspecified atom stereocenters. The van der Waals surface area contributed by atoms with Crippen LogP contribution in [0.2, 0.25) is 0 Å². The third kappa shape index (κ3) is 2.91. The number of aryl methyl sites for hydroxylation is 1. The number of anilines is 2. The average molecular weight is 359 g/mol. The first kappa shape index (κ1) is 16.8. The van der Waals surface area contributed by atoms with Gasteiger partial charge in [0.05, 0.1) is 10.5 Å². The van der Waals surface area contributed by atoms with E-state index in [-0.39, 0.29) is 11.6 Å². The van der Waals surface area contributed by atoms with Crippen molar-refractivity contribution in [3.8, 4) is 0 Å². The first-order valence-electron chi connectivity index (χ1n) is 8.55. The highest BCUT2D eigenvalue weighted by molar-refractivity contribution is 6.12. The van der Waals surface area contributed by atoms with Gasteiger partial charge in [0.25, 0.3) is 11.6 Å². The lowest BCUT2D eigenvalue weighted by Gasteiger charge is -2.38. The van der Waals surface area contributed by atoms with E-state index in [0.29, 0.717) is 22.4 Å². The van der Waals surface area contributed by atoms with Gasteiger partial charge in [0.1, 0.15) is 6.17 Å². The predicted octanol–water partition coefficient (Wildman–Crippen LogP) is 4.67. The lowest BCUT2D eigenvalue weighted by Crippen LogP contribution is -2.43. The first-order valence-corrected chi connectivity index (χ1v) is 8.55. The number of benzene rings is 3. The fourth-order valence-electron chi connectivity index (χ4n) is 3.33. The second-order valence-corrected chi connectivity index (χ2v) is 6.41. The van der Waals surface area contributed by atoms with E-state index in [1.54, 1.807) is 24.0 Å². The van der Waals surface area contributed by atoms with E-state index in [9.17, 15) is 14.9 Å². The Balaban J connectivity index is 1.88. The molecule has 0 bridgehead atoms. The maximum atomic E-state index is 13.2. The minimum absolute atomic E-state index is 0.0358. The predicted molar refractivity (Wildman–Crippen MR) is 104 cm³/mol. The Morgan fingerprint density at radius 2 is 1.70 bits per heavy atom. The Morgan fingerprint density at radius 3 is 2.44 bits per heavy atom. The topological polar surface area (TPSA) is 75.5 Å². The van der Waals surface area contributed by atoms with E-state index in [1.807, 2.05) is 54.6 Å². The molecule has 1 heterocycles. The Morgan fingerprint density at radius 1 is 1.00 bits per heavy atom. The first-order chi connectivity index (χ1) is 13.1. The number of rotatable bonds is 3. The lowest BCUT2D eigenvalue weighted by atomic mass is 10.0. The van der Waals surface area contributed by atoms with Gasteiger partial charge in [-0.1, -0.05) is 42.5 Å². The molecule has 27 heavy (non-hydrogen) atoms. The van der Waals surface area contributed by atoms with Crippen LogP contribution in [-0.4, -0.2) is 10.8 Å². The molecule has 0 spiro atoms. The molecule has 134 valence electrons. The number of hydrogen-bond donors (Lipinski definition) is 1. The number of nitro benzene ring substituents is 1. The van der Waals surface area contributed by atoms with Crippen LogP contribution in [0.5, 0.6) is 0 Å². The molecule has 1 aliphatic heterocycles. The SMILES string of the molecule is Cc1ccc(C2Nc3ccccc3C(=O)N2c2ccccc2)cc1[N+](=O)[O-]. The van der Waals surface area contributed by atoms with E-state index < -0.39 is 11.1 Å². The zero-order valence-corrected chi connectivity index (χ0v) is 14.6. The summed E-state index contributed by atoms with van der Waals surface area (Å²) in [6, 6.07) is 21.6. The summed E-state index contributed by atoms with van der Waals surface area (Å²) >= 11 is 0. The Labute approximate surface area is 156 Å². The summed E-state index contributed by atoms with van der Waals surface area (Å²) in [5.74, 6) is -0.149. The smallest absolute Gasteiger partial charge is 0.272 e. The highest BCUT2D eigenvalue weighted by Crippen LogP contribution is 2.37. The van der Waals surface area contributed by atoms with Crippen LogP contribution in [-0.2, 0) is 0 Å². The largest absolute Gasteiger partial charge is 0.360 e. The molecule has 6 nitrogen and oxygen atoms in total. The number of para-hydroxylation sites is 2. The maximum Gasteiger partial charge on any atom is 0.272 e. The second kappa shape index (κ2) is 6.57. The lowest BCUT2D eigenvalue weighted by molar-refractivity contribution is -0.385. The Hall–Kier alpha value is -3.67. The van der Waals surface area contributed by atoms with Gasteiger partial charge in [-0.15, -0.1) is 0 Å². The summed E-state index contributed by atoms with van der Waals surface area (Å²) in [4.78, 5) is 25.9. The van der Waals surface area contributed by atoms with Crippen molar-refractivity contribution < 1.29 is 9.72 Å². The van der Waals surface area contributed by atoms with E-state index in [2.05, 4.69) is 5.32 Å². The van der Waals surface area contributed by atoms with E-state index in [4.69, 9.17) is 0 Å². The molecular weight excluding hydrogens is 342 g/mol. The number of carbonyl (C=O) groups is 1. The van der Waals surface area contributed by atoms with Crippen molar-refractivity contribution in [2.45, 2.75) is 13.1 Å². The number of hydrogen-bond acceptors (Lipinski definition) is 4. The van der Waals surface area contributed by atoms with Gasteiger partial charge in [-0.3, -0.25) is 19.8 Å². The number of amides is 1. The van der Waals surface area contributed by atoms with Crippen molar-refractivity contribution in [1.82, 2.24) is 0 Å². The van der Waals surface area contributed by atoms with Crippen molar-refractivity contribution in [1.29, 1.82) is 0 Å². The fourth-order valence-corrected chi connectivity index (χ4v) is 3.33.